The Morgan fingerprint density at radius 2 is 0.846 bits per heavy atom. The Bertz CT molecular complexity index is 5660. The van der Waals surface area contributed by atoms with Crippen molar-refractivity contribution in [2.75, 3.05) is 4.90 Å². The zero-order valence-corrected chi connectivity index (χ0v) is 52.7. The Morgan fingerprint density at radius 3 is 1.48 bits per heavy atom. The molecule has 18 rings (SSSR count). The first-order chi connectivity index (χ1) is 44.3. The maximum Gasteiger partial charge on any atom is 0.252 e. The molecule has 2 aliphatic rings. The van der Waals surface area contributed by atoms with Crippen molar-refractivity contribution < 1.29 is 0 Å². The lowest BCUT2D eigenvalue weighted by Crippen LogP contribution is -2.60. The summed E-state index contributed by atoms with van der Waals surface area (Å²) in [7, 11) is 4.38. The highest BCUT2D eigenvalue weighted by molar-refractivity contribution is 7.00. The molecule has 0 amide bonds. The third-order valence-corrected chi connectivity index (χ3v) is 20.5. The van der Waals surface area contributed by atoms with Gasteiger partial charge in [-0.15, -0.1) is 0 Å². The van der Waals surface area contributed by atoms with Gasteiger partial charge in [-0.3, -0.25) is 0 Å². The molecule has 4 nitrogen and oxygen atoms in total. The first kappa shape index (κ1) is 53.4. The molecule has 0 unspecified atom stereocenters. The molecule has 0 radical (unpaired) electrons. The molecule has 0 atom stereocenters. The van der Waals surface area contributed by atoms with E-state index >= 15 is 0 Å². The van der Waals surface area contributed by atoms with Gasteiger partial charge in [-0.05, 0) is 164 Å². The quantitative estimate of drug-likeness (QED) is 0.120. The lowest BCUT2D eigenvalue weighted by molar-refractivity contribution is 0.590. The van der Waals surface area contributed by atoms with Crippen molar-refractivity contribution >= 4 is 116 Å². The summed E-state index contributed by atoms with van der Waals surface area (Å²) in [6.07, 6.45) is 4.71. The highest BCUT2D eigenvalue weighted by atomic mass is 15.2. The third kappa shape index (κ3) is 7.83. The van der Waals surface area contributed by atoms with Crippen molar-refractivity contribution in [2.45, 2.75) is 52.4 Å². The second-order valence-electron chi connectivity index (χ2n) is 27.8. The van der Waals surface area contributed by atoms with Crippen LogP contribution in [0, 0.1) is 0 Å². The van der Waals surface area contributed by atoms with Gasteiger partial charge in [0.1, 0.15) is 0 Å². The molecule has 13 aromatic carbocycles. The monoisotopic (exact) mass is 1170 g/mol. The smallest absolute Gasteiger partial charge is 0.252 e. The molecule has 0 spiro atoms. The number of anilines is 3. The molecule has 2 aliphatic heterocycles. The van der Waals surface area contributed by atoms with Crippen LogP contribution in [0.2, 0.25) is 0 Å². The van der Waals surface area contributed by atoms with Gasteiger partial charge in [-0.1, -0.05) is 236 Å². The largest absolute Gasteiger partial charge is 0.350 e. The Labute approximate surface area is 531 Å². The van der Waals surface area contributed by atoms with Gasteiger partial charge in [0.15, 0.2) is 0 Å². The minimum absolute atomic E-state index is 0.0280. The maximum absolute atomic E-state index is 2.71. The van der Waals surface area contributed by atoms with E-state index in [1.54, 1.807) is 0 Å². The third-order valence-electron chi connectivity index (χ3n) is 20.5. The summed E-state index contributed by atoms with van der Waals surface area (Å²) in [4.78, 5) is 2.63. The number of hydrogen-bond donors (Lipinski definition) is 0. The van der Waals surface area contributed by atoms with Gasteiger partial charge in [-0.25, -0.2) is 0 Å². The fraction of sp³-hybridized carbons (Fsp3) is 0.116. The van der Waals surface area contributed by atoms with Crippen molar-refractivity contribution in [3.8, 4) is 61.3 Å². The fourth-order valence-electron chi connectivity index (χ4n) is 16.2. The van der Waals surface area contributed by atoms with Crippen LogP contribution in [0.4, 0.5) is 17.1 Å². The molecule has 0 aliphatic carbocycles. The van der Waals surface area contributed by atoms with Crippen molar-refractivity contribution in [1.82, 2.24) is 13.7 Å². The van der Waals surface area contributed by atoms with Crippen LogP contribution in [-0.2, 0) is 24.9 Å². The van der Waals surface area contributed by atoms with E-state index in [-0.39, 0.29) is 17.5 Å². The van der Waals surface area contributed by atoms with Crippen LogP contribution >= 0.6 is 0 Å². The van der Waals surface area contributed by atoms with E-state index in [0.717, 1.165) is 11.3 Å². The summed E-state index contributed by atoms with van der Waals surface area (Å²) in [6.45, 7) is 13.9. The topological polar surface area (TPSA) is 18.0 Å². The van der Waals surface area contributed by atoms with Gasteiger partial charge in [0.2, 0.25) is 0 Å². The van der Waals surface area contributed by atoms with Crippen LogP contribution in [0.5, 0.6) is 0 Å². The Kier molecular flexibility index (Phi) is 11.4. The van der Waals surface area contributed by atoms with Crippen molar-refractivity contribution in [1.29, 1.82) is 0 Å². The highest BCUT2D eigenvalue weighted by Crippen LogP contribution is 2.52. The van der Waals surface area contributed by atoms with Gasteiger partial charge in [0.25, 0.3) is 6.71 Å². The standard InChI is InChI=1S/C86H67BN4/c1-85(2,3)55-38-41-57(42-39-55)90-77-44-40-56(86(4,5)6)48-72(77)87-73-49-68-62-29-15-14-27-60(62)61-28-16-17-32-65(61)81(68)82-69-45-53(59-26-13-12-25-58(59)52-23-10-9-11-24-52)37-43-76(69)91(84(73)82)79-47-54(46-78(90)83(79)87)80-66(70-50-88(7)74-35-20-18-30-63(70)74)33-22-34-67(80)71-51-89(8)75-36-21-19-31-64(71)75/h9-51H,1-8H3. The molecule has 434 valence electrons. The predicted molar refractivity (Wildman–Crippen MR) is 390 cm³/mol. The number of hydrogen-bond acceptors (Lipinski definition) is 1. The van der Waals surface area contributed by atoms with E-state index in [1.807, 2.05) is 0 Å². The Balaban J connectivity index is 1.05. The summed E-state index contributed by atoms with van der Waals surface area (Å²) >= 11 is 0. The normalized spacial score (nSPS) is 13.0. The molecule has 0 saturated heterocycles. The van der Waals surface area contributed by atoms with Crippen LogP contribution in [0.1, 0.15) is 52.7 Å². The lowest BCUT2D eigenvalue weighted by atomic mass is 9.33. The summed E-state index contributed by atoms with van der Waals surface area (Å²) in [6, 6.07) is 95.2. The molecular weight excluding hydrogens is 1100 g/mol. The Hall–Kier alpha value is -10.6. The molecule has 3 aromatic heterocycles. The van der Waals surface area contributed by atoms with E-state index in [9.17, 15) is 0 Å². The van der Waals surface area contributed by atoms with E-state index in [0.29, 0.717) is 0 Å². The number of benzene rings is 13. The van der Waals surface area contributed by atoms with Crippen molar-refractivity contribution in [3.63, 3.8) is 0 Å². The second-order valence-corrected chi connectivity index (χ2v) is 27.8. The van der Waals surface area contributed by atoms with Crippen molar-refractivity contribution in [3.05, 3.63) is 272 Å². The average molecular weight is 1170 g/mol. The Morgan fingerprint density at radius 1 is 0.319 bits per heavy atom. The van der Waals surface area contributed by atoms with Gasteiger partial charge in [0.05, 0.1) is 11.0 Å². The lowest BCUT2D eigenvalue weighted by Gasteiger charge is -2.41. The fourth-order valence-corrected chi connectivity index (χ4v) is 16.2. The van der Waals surface area contributed by atoms with Crippen LogP contribution in [0.15, 0.2) is 261 Å². The number of para-hydroxylation sites is 2. The molecule has 0 bridgehead atoms. The van der Waals surface area contributed by atoms with Crippen LogP contribution in [0.25, 0.3) is 137 Å². The van der Waals surface area contributed by atoms with E-state index in [4.69, 9.17) is 0 Å². The van der Waals surface area contributed by atoms with Gasteiger partial charge in [0, 0.05) is 98.3 Å². The van der Waals surface area contributed by atoms with Crippen LogP contribution < -0.4 is 21.3 Å². The second kappa shape index (κ2) is 19.4. The van der Waals surface area contributed by atoms with E-state index in [2.05, 4.69) is 335 Å². The van der Waals surface area contributed by atoms with E-state index in [1.165, 1.54) is 171 Å². The first-order valence-corrected chi connectivity index (χ1v) is 32.2. The summed E-state index contributed by atoms with van der Waals surface area (Å²) in [5, 5.41) is 12.7. The van der Waals surface area contributed by atoms with Gasteiger partial charge >= 0.3 is 0 Å². The number of fused-ring (bicyclic) bond motifs is 16. The molecule has 0 fully saturated rings. The zero-order chi connectivity index (χ0) is 61.3. The van der Waals surface area contributed by atoms with Gasteiger partial charge < -0.3 is 18.6 Å². The number of aryl methyl sites for hydroxylation is 2. The summed E-state index contributed by atoms with van der Waals surface area (Å²) in [5.41, 5.74) is 28.0. The molecule has 91 heavy (non-hydrogen) atoms. The maximum atomic E-state index is 2.71. The van der Waals surface area contributed by atoms with Crippen molar-refractivity contribution in [2.24, 2.45) is 14.1 Å². The molecule has 5 heterocycles. The van der Waals surface area contributed by atoms with Gasteiger partial charge in [-0.2, -0.15) is 0 Å². The van der Waals surface area contributed by atoms with Crippen LogP contribution in [-0.4, -0.2) is 20.4 Å². The average Bonchev–Trinajstić information content (AvgIpc) is 1.62. The highest BCUT2D eigenvalue weighted by Gasteiger charge is 2.44. The molecule has 16 aromatic rings. The molecule has 0 N–H and O–H groups in total. The first-order valence-electron chi connectivity index (χ1n) is 32.2. The molecule has 5 heteroatoms. The number of rotatable bonds is 6. The van der Waals surface area contributed by atoms with Crippen LogP contribution in [0.3, 0.4) is 0 Å². The minimum Gasteiger partial charge on any atom is -0.350 e. The number of aromatic nitrogens is 3. The minimum atomic E-state index is -0.139. The summed E-state index contributed by atoms with van der Waals surface area (Å²) in [5.74, 6) is 0. The number of nitrogens with zero attached hydrogens (tertiary/aromatic N) is 4. The zero-order valence-electron chi connectivity index (χ0n) is 52.7. The SMILES string of the molecule is Cn1cc(-c2cccc(-c3cn(C)c4ccccc34)c2-c2cc3c4c(c2)-n2c5ccc(-c6ccccc6-c6ccccc6)cc5c5c6c7ccccc7c7ccccc7c6cc(c52)B4c2cc(C(C)(C)C)ccc2N3c2ccc(C(C)(C)C)cc2)c2ccccc21. The predicted octanol–water partition coefficient (Wildman–Crippen LogP) is 20.8. The molecular formula is C86H67BN4. The summed E-state index contributed by atoms with van der Waals surface area (Å²) < 4.78 is 7.32. The van der Waals surface area contributed by atoms with E-state index < -0.39 is 0 Å². The molecule has 0 saturated carbocycles.